The molecular formula is C10H18N4O2S. The standard InChI is InChI=1S/C10H18N4O2S/c11-5-7-14(8-6-12)9-3-1-2-4-10(9)17(13,15)16/h1-4H,5-8,11-12H2,(H2,13,15,16). The zero-order chi connectivity index (χ0) is 12.9. The summed E-state index contributed by atoms with van der Waals surface area (Å²) in [7, 11) is -3.74. The average Bonchev–Trinajstić information content (AvgIpc) is 2.28. The molecular weight excluding hydrogens is 240 g/mol. The van der Waals surface area contributed by atoms with Crippen molar-refractivity contribution in [2.45, 2.75) is 4.90 Å². The Labute approximate surface area is 101 Å². The van der Waals surface area contributed by atoms with Gasteiger partial charge in [-0.15, -0.1) is 0 Å². The van der Waals surface area contributed by atoms with Crippen LogP contribution in [0.1, 0.15) is 0 Å². The van der Waals surface area contributed by atoms with Gasteiger partial charge in [0.25, 0.3) is 0 Å². The van der Waals surface area contributed by atoms with Crippen LogP contribution < -0.4 is 21.5 Å². The van der Waals surface area contributed by atoms with Crippen LogP contribution in [0.25, 0.3) is 0 Å². The summed E-state index contributed by atoms with van der Waals surface area (Å²) in [5.41, 5.74) is 11.5. The minimum atomic E-state index is -3.74. The summed E-state index contributed by atoms with van der Waals surface area (Å²) in [5.74, 6) is 0. The lowest BCUT2D eigenvalue weighted by Crippen LogP contribution is -2.35. The van der Waals surface area contributed by atoms with Gasteiger partial charge in [-0.3, -0.25) is 0 Å². The first-order valence-electron chi connectivity index (χ1n) is 5.27. The van der Waals surface area contributed by atoms with E-state index in [1.165, 1.54) is 6.07 Å². The van der Waals surface area contributed by atoms with Crippen LogP contribution in [0.2, 0.25) is 0 Å². The monoisotopic (exact) mass is 258 g/mol. The minimum absolute atomic E-state index is 0.0990. The fourth-order valence-corrected chi connectivity index (χ4v) is 2.38. The molecule has 96 valence electrons. The molecule has 1 aromatic carbocycles. The minimum Gasteiger partial charge on any atom is -0.368 e. The Bertz CT molecular complexity index is 455. The highest BCUT2D eigenvalue weighted by atomic mass is 32.2. The molecule has 0 bridgehead atoms. The van der Waals surface area contributed by atoms with Crippen molar-refractivity contribution in [1.29, 1.82) is 0 Å². The number of nitrogens with two attached hydrogens (primary N) is 3. The van der Waals surface area contributed by atoms with Gasteiger partial charge in [-0.25, -0.2) is 13.6 Å². The second-order valence-electron chi connectivity index (χ2n) is 3.58. The number of benzene rings is 1. The highest BCUT2D eigenvalue weighted by Gasteiger charge is 2.17. The summed E-state index contributed by atoms with van der Waals surface area (Å²) < 4.78 is 22.9. The van der Waals surface area contributed by atoms with E-state index in [4.69, 9.17) is 16.6 Å². The Morgan fingerprint density at radius 2 is 1.59 bits per heavy atom. The predicted molar refractivity (Wildman–Crippen MR) is 68.1 cm³/mol. The molecule has 0 unspecified atom stereocenters. The summed E-state index contributed by atoms with van der Waals surface area (Å²) in [4.78, 5) is 1.92. The van der Waals surface area contributed by atoms with Crippen molar-refractivity contribution >= 4 is 15.7 Å². The van der Waals surface area contributed by atoms with E-state index in [9.17, 15) is 8.42 Å². The molecule has 6 nitrogen and oxygen atoms in total. The van der Waals surface area contributed by atoms with Crippen molar-refractivity contribution in [2.75, 3.05) is 31.1 Å². The van der Waals surface area contributed by atoms with E-state index in [1.54, 1.807) is 18.2 Å². The van der Waals surface area contributed by atoms with E-state index >= 15 is 0 Å². The third-order valence-corrected chi connectivity index (χ3v) is 3.27. The second-order valence-corrected chi connectivity index (χ2v) is 5.11. The van der Waals surface area contributed by atoms with Crippen molar-refractivity contribution in [3.05, 3.63) is 24.3 Å². The van der Waals surface area contributed by atoms with Crippen molar-refractivity contribution < 1.29 is 8.42 Å². The van der Waals surface area contributed by atoms with E-state index in [0.717, 1.165) is 0 Å². The lowest BCUT2D eigenvalue weighted by atomic mass is 10.3. The summed E-state index contributed by atoms with van der Waals surface area (Å²) in [6.07, 6.45) is 0. The SMILES string of the molecule is NCCN(CCN)c1ccccc1S(N)(=O)=O. The maximum atomic E-state index is 11.5. The number of hydrogen-bond donors (Lipinski definition) is 3. The van der Waals surface area contributed by atoms with E-state index in [2.05, 4.69) is 0 Å². The molecule has 0 aromatic heterocycles. The summed E-state index contributed by atoms with van der Waals surface area (Å²) in [6, 6.07) is 6.56. The van der Waals surface area contributed by atoms with Crippen molar-refractivity contribution in [3.8, 4) is 0 Å². The van der Waals surface area contributed by atoms with Crippen LogP contribution in [0.4, 0.5) is 5.69 Å². The first-order chi connectivity index (χ1) is 8.00. The fraction of sp³-hybridized carbons (Fsp3) is 0.400. The smallest absolute Gasteiger partial charge is 0.240 e. The number of hydrogen-bond acceptors (Lipinski definition) is 5. The molecule has 0 heterocycles. The van der Waals surface area contributed by atoms with Gasteiger partial charge in [0.05, 0.1) is 5.69 Å². The molecule has 0 aliphatic heterocycles. The zero-order valence-electron chi connectivity index (χ0n) is 9.54. The maximum absolute atomic E-state index is 11.5. The van der Waals surface area contributed by atoms with Crippen LogP contribution in [-0.4, -0.2) is 34.6 Å². The quantitative estimate of drug-likeness (QED) is 0.609. The third-order valence-electron chi connectivity index (χ3n) is 2.31. The van der Waals surface area contributed by atoms with E-state index < -0.39 is 10.0 Å². The van der Waals surface area contributed by atoms with E-state index in [1.807, 2.05) is 4.90 Å². The highest BCUT2D eigenvalue weighted by molar-refractivity contribution is 7.89. The number of primary sulfonamides is 1. The normalized spacial score (nSPS) is 11.5. The Morgan fingerprint density at radius 1 is 1.06 bits per heavy atom. The number of rotatable bonds is 6. The molecule has 7 heteroatoms. The first-order valence-corrected chi connectivity index (χ1v) is 6.82. The molecule has 0 radical (unpaired) electrons. The topological polar surface area (TPSA) is 115 Å². The van der Waals surface area contributed by atoms with Gasteiger partial charge in [0.2, 0.25) is 10.0 Å². The Morgan fingerprint density at radius 3 is 2.06 bits per heavy atom. The molecule has 0 amide bonds. The predicted octanol–water partition coefficient (Wildman–Crippen LogP) is -0.942. The van der Waals surface area contributed by atoms with Gasteiger partial charge in [-0.1, -0.05) is 12.1 Å². The Balaban J connectivity index is 3.18. The average molecular weight is 258 g/mol. The van der Waals surface area contributed by atoms with Crippen LogP contribution >= 0.6 is 0 Å². The van der Waals surface area contributed by atoms with Crippen molar-refractivity contribution in [3.63, 3.8) is 0 Å². The van der Waals surface area contributed by atoms with Gasteiger partial charge in [0.15, 0.2) is 0 Å². The van der Waals surface area contributed by atoms with Crippen LogP contribution in [0.5, 0.6) is 0 Å². The molecule has 0 fully saturated rings. The summed E-state index contributed by atoms with van der Waals surface area (Å²) >= 11 is 0. The molecule has 0 spiro atoms. The van der Waals surface area contributed by atoms with Gasteiger partial charge >= 0.3 is 0 Å². The third kappa shape index (κ3) is 3.67. The Hall–Kier alpha value is -1.15. The zero-order valence-corrected chi connectivity index (χ0v) is 10.4. The van der Waals surface area contributed by atoms with Crippen LogP contribution in [0.3, 0.4) is 0 Å². The van der Waals surface area contributed by atoms with Gasteiger partial charge in [-0.05, 0) is 12.1 Å². The molecule has 0 atom stereocenters. The molecule has 1 rings (SSSR count). The highest BCUT2D eigenvalue weighted by Crippen LogP contribution is 2.23. The molecule has 6 N–H and O–H groups in total. The fourth-order valence-electron chi connectivity index (χ4n) is 1.62. The van der Waals surface area contributed by atoms with E-state index in [0.29, 0.717) is 31.9 Å². The molecule has 0 aliphatic rings. The maximum Gasteiger partial charge on any atom is 0.240 e. The number of anilines is 1. The lowest BCUT2D eigenvalue weighted by molar-refractivity contribution is 0.597. The van der Waals surface area contributed by atoms with Crippen molar-refractivity contribution in [2.24, 2.45) is 16.6 Å². The Kier molecular flexibility index (Phi) is 4.88. The van der Waals surface area contributed by atoms with E-state index in [-0.39, 0.29) is 4.90 Å². The van der Waals surface area contributed by atoms with Crippen LogP contribution in [0, 0.1) is 0 Å². The van der Waals surface area contributed by atoms with Gasteiger partial charge in [0, 0.05) is 26.2 Å². The number of para-hydroxylation sites is 1. The number of sulfonamides is 1. The van der Waals surface area contributed by atoms with Crippen LogP contribution in [-0.2, 0) is 10.0 Å². The van der Waals surface area contributed by atoms with Gasteiger partial charge in [0.1, 0.15) is 4.90 Å². The molecule has 0 saturated carbocycles. The van der Waals surface area contributed by atoms with Crippen molar-refractivity contribution in [1.82, 2.24) is 0 Å². The second kappa shape index (κ2) is 5.97. The van der Waals surface area contributed by atoms with Gasteiger partial charge in [-0.2, -0.15) is 0 Å². The molecule has 0 aliphatic carbocycles. The molecule has 17 heavy (non-hydrogen) atoms. The number of nitrogens with zero attached hydrogens (tertiary/aromatic N) is 1. The lowest BCUT2D eigenvalue weighted by Gasteiger charge is -2.25. The largest absolute Gasteiger partial charge is 0.368 e. The van der Waals surface area contributed by atoms with Gasteiger partial charge < -0.3 is 16.4 Å². The van der Waals surface area contributed by atoms with Crippen LogP contribution in [0.15, 0.2) is 29.2 Å². The molecule has 0 saturated heterocycles. The first kappa shape index (κ1) is 13.9. The molecule has 1 aromatic rings. The summed E-state index contributed by atoms with van der Waals surface area (Å²) in [6.45, 7) is 1.89. The summed E-state index contributed by atoms with van der Waals surface area (Å²) in [5, 5.41) is 5.17.